The highest BCUT2D eigenvalue weighted by molar-refractivity contribution is 6.78. The van der Waals surface area contributed by atoms with Gasteiger partial charge < -0.3 is 40.3 Å². The van der Waals surface area contributed by atoms with Gasteiger partial charge in [0.05, 0.1) is 35.7 Å². The molecule has 15 nitrogen and oxygen atoms in total. The average Bonchev–Trinajstić information content (AvgIpc) is 3.91. The Morgan fingerprint density at radius 3 is 2.17 bits per heavy atom. The molecule has 1 aliphatic carbocycles. The molecule has 2 aliphatic heterocycles. The first-order chi connectivity index (χ1) is 30.6. The number of carbonyl (C=O) groups is 6. The standard InChI is InChI=1S/C49H71N5O10Si/c1-11-21-62-43(56)24-36(29(2)3)44(57)52-38(13-12-20-51-47(50)60)41(55)23-34-14-16-35(17-15-34)27-63-48(61)54-39-25-42(64-65(30(4)5,31(6)7)32(8)9)33(10)22-37(39)45(58)53-28-49(18-19-49)26-40(53)46(54)59/h11,14-17,22,25,29-32,36,38,40,46,59H,1,12-13,18-21,23-24,26-28H2,2-10H3,(H,52,57)(H3,50,51,60)/t36-,38?,40-,46?/m0/s1. The molecule has 5 amide bonds. The van der Waals surface area contributed by atoms with Crippen molar-refractivity contribution < 1.29 is 47.8 Å². The number of Topliss-reactive ketones (excluding diaryl/α,β-unsaturated/α-hetero) is 1. The summed E-state index contributed by atoms with van der Waals surface area (Å²) < 4.78 is 18.1. The second kappa shape index (κ2) is 21.4. The molecule has 16 heteroatoms. The minimum atomic E-state index is -2.46. The molecule has 3 aliphatic rings. The minimum absolute atomic E-state index is 0.0203. The number of benzene rings is 2. The molecule has 1 spiro atoms. The number of urea groups is 1. The van der Waals surface area contributed by atoms with Crippen molar-refractivity contribution in [2.24, 2.45) is 23.0 Å². The van der Waals surface area contributed by atoms with Gasteiger partial charge in [-0.1, -0.05) is 92.3 Å². The molecule has 0 bridgehead atoms. The van der Waals surface area contributed by atoms with Gasteiger partial charge in [-0.05, 0) is 89.7 Å². The molecule has 5 rings (SSSR count). The second-order valence-electron chi connectivity index (χ2n) is 19.6. The lowest BCUT2D eigenvalue weighted by Gasteiger charge is -2.42. The zero-order valence-electron chi connectivity index (χ0n) is 39.7. The van der Waals surface area contributed by atoms with Gasteiger partial charge in [-0.15, -0.1) is 0 Å². The van der Waals surface area contributed by atoms with Gasteiger partial charge in [0.1, 0.15) is 19.0 Å². The van der Waals surface area contributed by atoms with Gasteiger partial charge >= 0.3 is 18.1 Å². The quantitative estimate of drug-likeness (QED) is 0.0421. The molecule has 1 saturated heterocycles. The first-order valence-corrected chi connectivity index (χ1v) is 25.3. The van der Waals surface area contributed by atoms with E-state index in [9.17, 15) is 33.9 Å². The largest absolute Gasteiger partial charge is 0.542 e. The number of anilines is 1. The van der Waals surface area contributed by atoms with Crippen LogP contribution in [0.25, 0.3) is 0 Å². The van der Waals surface area contributed by atoms with E-state index in [2.05, 4.69) is 58.8 Å². The van der Waals surface area contributed by atoms with Crippen LogP contribution in [0.15, 0.2) is 49.1 Å². The number of ketones is 1. The van der Waals surface area contributed by atoms with Crippen LogP contribution < -0.4 is 25.7 Å². The lowest BCUT2D eigenvalue weighted by molar-refractivity contribution is -0.146. The fraction of sp³-hybridized carbons (Fsp3) is 0.592. The number of esters is 1. The van der Waals surface area contributed by atoms with Crippen LogP contribution in [0.3, 0.4) is 0 Å². The Morgan fingerprint density at radius 1 is 0.969 bits per heavy atom. The van der Waals surface area contributed by atoms with E-state index >= 15 is 0 Å². The van der Waals surface area contributed by atoms with Crippen LogP contribution in [0.1, 0.15) is 121 Å². The van der Waals surface area contributed by atoms with E-state index in [4.69, 9.17) is 19.6 Å². The van der Waals surface area contributed by atoms with Crippen LogP contribution in [0.2, 0.25) is 16.6 Å². The molecule has 1 saturated carbocycles. The SMILES string of the molecule is C=CCOC(=O)C[C@H](C(=O)NC(CCCNC(N)=O)C(=O)Cc1ccc(COC(=O)N2c3cc(O[Si](C(C)C)(C(C)C)C(C)C)c(C)cc3C(=O)N3CC4(CC4)C[C@H]3C2O)cc1)C(C)C. The lowest BCUT2D eigenvalue weighted by Crippen LogP contribution is -2.51. The molecule has 2 fully saturated rings. The third kappa shape index (κ3) is 11.8. The van der Waals surface area contributed by atoms with Crippen molar-refractivity contribution in [3.63, 3.8) is 0 Å². The maximum atomic E-state index is 14.3. The Hall–Kier alpha value is -5.22. The molecular weight excluding hydrogens is 847 g/mol. The number of hydrogen-bond acceptors (Lipinski definition) is 10. The molecule has 356 valence electrons. The number of ether oxygens (including phenoxy) is 2. The van der Waals surface area contributed by atoms with Gasteiger partial charge in [-0.2, -0.15) is 0 Å². The summed E-state index contributed by atoms with van der Waals surface area (Å²) in [4.78, 5) is 82.6. The predicted octanol–water partition coefficient (Wildman–Crippen LogP) is 7.46. The van der Waals surface area contributed by atoms with Crippen molar-refractivity contribution in [1.82, 2.24) is 15.5 Å². The van der Waals surface area contributed by atoms with Crippen molar-refractivity contribution >= 4 is 49.7 Å². The molecule has 4 atom stereocenters. The maximum Gasteiger partial charge on any atom is 0.416 e. The summed E-state index contributed by atoms with van der Waals surface area (Å²) in [6.45, 7) is 22.8. The van der Waals surface area contributed by atoms with Crippen LogP contribution in [0.4, 0.5) is 15.3 Å². The zero-order chi connectivity index (χ0) is 48.0. The first-order valence-electron chi connectivity index (χ1n) is 23.1. The molecule has 2 aromatic carbocycles. The number of rotatable bonds is 21. The monoisotopic (exact) mass is 917 g/mol. The van der Waals surface area contributed by atoms with Crippen LogP contribution in [0, 0.1) is 24.2 Å². The summed E-state index contributed by atoms with van der Waals surface area (Å²) in [6, 6.07) is 8.25. The van der Waals surface area contributed by atoms with Crippen LogP contribution in [-0.2, 0) is 36.9 Å². The zero-order valence-corrected chi connectivity index (χ0v) is 40.7. The summed E-state index contributed by atoms with van der Waals surface area (Å²) in [6.07, 6.45) is 2.15. The Balaban J connectivity index is 1.34. The normalized spacial score (nSPS) is 18.5. The molecule has 0 radical (unpaired) electrons. The predicted molar refractivity (Wildman–Crippen MR) is 251 cm³/mol. The van der Waals surface area contributed by atoms with Gasteiger partial charge in [-0.3, -0.25) is 19.2 Å². The lowest BCUT2D eigenvalue weighted by atomic mass is 9.90. The summed E-state index contributed by atoms with van der Waals surface area (Å²) in [7, 11) is -2.46. The number of nitrogens with one attached hydrogen (secondary N) is 2. The highest BCUT2D eigenvalue weighted by Gasteiger charge is 2.58. The number of nitrogens with two attached hydrogens (primary N) is 1. The van der Waals surface area contributed by atoms with E-state index in [1.807, 2.05) is 20.8 Å². The number of fused-ring (bicyclic) bond motifs is 2. The molecule has 0 aromatic heterocycles. The Morgan fingerprint density at radius 2 is 1.60 bits per heavy atom. The van der Waals surface area contributed by atoms with Gasteiger partial charge in [0, 0.05) is 25.6 Å². The number of hydrogen-bond donors (Lipinski definition) is 4. The van der Waals surface area contributed by atoms with E-state index in [0.717, 1.165) is 18.4 Å². The number of nitrogens with zero attached hydrogens (tertiary/aromatic N) is 2. The number of aliphatic hydroxyl groups is 1. The van der Waals surface area contributed by atoms with Crippen LogP contribution in [0.5, 0.6) is 5.75 Å². The number of aliphatic hydroxyl groups excluding tert-OH is 1. The summed E-state index contributed by atoms with van der Waals surface area (Å²) in [5.74, 6) is -1.90. The number of amides is 5. The van der Waals surface area contributed by atoms with Crippen LogP contribution >= 0.6 is 0 Å². The molecule has 2 aromatic rings. The minimum Gasteiger partial charge on any atom is -0.542 e. The first kappa shape index (κ1) is 50.8. The van der Waals surface area contributed by atoms with E-state index < -0.39 is 56.5 Å². The van der Waals surface area contributed by atoms with E-state index in [1.165, 1.54) is 11.0 Å². The fourth-order valence-corrected chi connectivity index (χ4v) is 15.2. The molecule has 2 unspecified atom stereocenters. The van der Waals surface area contributed by atoms with E-state index in [-0.39, 0.29) is 84.4 Å². The van der Waals surface area contributed by atoms with Gasteiger partial charge in [0.25, 0.3) is 14.2 Å². The number of primary amides is 1. The second-order valence-corrected chi connectivity index (χ2v) is 25.0. The topological polar surface area (TPSA) is 207 Å². The molecule has 2 heterocycles. The van der Waals surface area contributed by atoms with Crippen molar-refractivity contribution in [3.8, 4) is 5.75 Å². The van der Waals surface area contributed by atoms with Crippen molar-refractivity contribution in [2.75, 3.05) is 24.6 Å². The Labute approximate surface area is 385 Å². The molecule has 5 N–H and O–H groups in total. The van der Waals surface area contributed by atoms with Gasteiger partial charge in [-0.25, -0.2) is 14.5 Å². The number of aryl methyl sites for hydroxylation is 1. The summed E-state index contributed by atoms with van der Waals surface area (Å²) in [5, 5.41) is 17.4. The van der Waals surface area contributed by atoms with Crippen molar-refractivity contribution in [3.05, 3.63) is 71.3 Å². The Bertz CT molecular complexity index is 2060. The highest BCUT2D eigenvalue weighted by atomic mass is 28.4. The smallest absolute Gasteiger partial charge is 0.416 e. The van der Waals surface area contributed by atoms with E-state index in [0.29, 0.717) is 41.8 Å². The van der Waals surface area contributed by atoms with Crippen molar-refractivity contribution in [1.29, 1.82) is 0 Å². The summed E-state index contributed by atoms with van der Waals surface area (Å²) in [5.41, 5.74) is 8.60. The Kier molecular flexibility index (Phi) is 16.7. The van der Waals surface area contributed by atoms with Gasteiger partial charge in [0.2, 0.25) is 5.91 Å². The average molecular weight is 918 g/mol. The number of carbonyl (C=O) groups excluding carboxylic acids is 6. The molecule has 65 heavy (non-hydrogen) atoms. The van der Waals surface area contributed by atoms with Crippen LogP contribution in [-0.4, -0.2) is 92.0 Å². The third-order valence-corrected chi connectivity index (χ3v) is 19.7. The van der Waals surface area contributed by atoms with Crippen molar-refractivity contribution in [2.45, 2.75) is 149 Å². The molecular formula is C49H71N5O10Si. The maximum absolute atomic E-state index is 14.3. The van der Waals surface area contributed by atoms with Gasteiger partial charge in [0.15, 0.2) is 12.0 Å². The highest BCUT2D eigenvalue weighted by Crippen LogP contribution is 2.57. The summed E-state index contributed by atoms with van der Waals surface area (Å²) >= 11 is 0. The third-order valence-electron chi connectivity index (χ3n) is 13.7. The van der Waals surface area contributed by atoms with E-state index in [1.54, 1.807) is 41.3 Å². The fourth-order valence-electron chi connectivity index (χ4n) is 9.93.